The number of aromatic nitrogens is 2. The van der Waals surface area contributed by atoms with Gasteiger partial charge in [-0.15, -0.1) is 0 Å². The Labute approximate surface area is 122 Å². The zero-order chi connectivity index (χ0) is 15.2. The quantitative estimate of drug-likeness (QED) is 0.798. The monoisotopic (exact) mass is 293 g/mol. The van der Waals surface area contributed by atoms with Gasteiger partial charge in [0.25, 0.3) is 0 Å². The van der Waals surface area contributed by atoms with Crippen LogP contribution in [0, 0.1) is 0 Å². The van der Waals surface area contributed by atoms with Crippen LogP contribution in [0.25, 0.3) is 11.6 Å². The average Bonchev–Trinajstić information content (AvgIpc) is 3.07. The van der Waals surface area contributed by atoms with Crippen molar-refractivity contribution in [1.29, 1.82) is 0 Å². The van der Waals surface area contributed by atoms with Crippen molar-refractivity contribution in [2.75, 3.05) is 6.54 Å². The lowest BCUT2D eigenvalue weighted by atomic mass is 10.2. The van der Waals surface area contributed by atoms with Crippen LogP contribution in [0.3, 0.4) is 0 Å². The summed E-state index contributed by atoms with van der Waals surface area (Å²) in [5.41, 5.74) is 0. The molecule has 0 saturated carbocycles. The van der Waals surface area contributed by atoms with E-state index in [-0.39, 0.29) is 12.5 Å². The summed E-state index contributed by atoms with van der Waals surface area (Å²) in [4.78, 5) is 17.0. The molecule has 2 aromatic rings. The minimum absolute atomic E-state index is 0.157. The zero-order valence-corrected chi connectivity index (χ0v) is 12.2. The van der Waals surface area contributed by atoms with Gasteiger partial charge in [0.15, 0.2) is 5.76 Å². The van der Waals surface area contributed by atoms with Crippen LogP contribution in [-0.2, 0) is 11.3 Å². The van der Waals surface area contributed by atoms with Gasteiger partial charge >= 0.3 is 5.97 Å². The predicted molar refractivity (Wildman–Crippen MR) is 74.4 cm³/mol. The van der Waals surface area contributed by atoms with Crippen molar-refractivity contribution in [1.82, 2.24) is 15.0 Å². The predicted octanol–water partition coefficient (Wildman–Crippen LogP) is 2.40. The van der Waals surface area contributed by atoms with Gasteiger partial charge in [-0.25, -0.2) is 0 Å². The molecular formula is C14H19N3O4. The first-order valence-electron chi connectivity index (χ1n) is 6.88. The van der Waals surface area contributed by atoms with Crippen molar-refractivity contribution in [3.8, 4) is 11.6 Å². The molecule has 0 unspecified atom stereocenters. The average molecular weight is 293 g/mol. The molecule has 0 aliphatic heterocycles. The SMILES string of the molecule is CC(C)N(CCCC(=O)O)Cc1nc(-c2ccco2)no1. The van der Waals surface area contributed by atoms with Gasteiger partial charge in [0.1, 0.15) is 0 Å². The van der Waals surface area contributed by atoms with Gasteiger partial charge < -0.3 is 14.0 Å². The van der Waals surface area contributed by atoms with Gasteiger partial charge in [0.2, 0.25) is 11.7 Å². The fourth-order valence-electron chi connectivity index (χ4n) is 1.95. The van der Waals surface area contributed by atoms with E-state index >= 15 is 0 Å². The van der Waals surface area contributed by atoms with E-state index in [1.807, 2.05) is 13.8 Å². The van der Waals surface area contributed by atoms with E-state index in [1.165, 1.54) is 0 Å². The van der Waals surface area contributed by atoms with Crippen molar-refractivity contribution >= 4 is 5.97 Å². The Kier molecular flexibility index (Phi) is 5.10. The molecule has 0 radical (unpaired) electrons. The van der Waals surface area contributed by atoms with Crippen LogP contribution in [0.4, 0.5) is 0 Å². The Morgan fingerprint density at radius 1 is 1.48 bits per heavy atom. The first kappa shape index (κ1) is 15.2. The van der Waals surface area contributed by atoms with E-state index in [4.69, 9.17) is 14.0 Å². The summed E-state index contributed by atoms with van der Waals surface area (Å²) in [7, 11) is 0. The summed E-state index contributed by atoms with van der Waals surface area (Å²) in [6, 6.07) is 3.79. The molecule has 0 aliphatic rings. The molecule has 2 aromatic heterocycles. The Morgan fingerprint density at radius 2 is 2.29 bits per heavy atom. The lowest BCUT2D eigenvalue weighted by Crippen LogP contribution is -2.31. The van der Waals surface area contributed by atoms with Crippen LogP contribution in [0.1, 0.15) is 32.6 Å². The number of hydrogen-bond acceptors (Lipinski definition) is 6. The molecule has 2 heterocycles. The Morgan fingerprint density at radius 3 is 2.90 bits per heavy atom. The molecule has 1 N–H and O–H groups in total. The van der Waals surface area contributed by atoms with E-state index in [2.05, 4.69) is 15.0 Å². The molecule has 7 nitrogen and oxygen atoms in total. The number of carboxylic acids is 1. The third-order valence-corrected chi connectivity index (χ3v) is 3.11. The van der Waals surface area contributed by atoms with Crippen LogP contribution in [0.2, 0.25) is 0 Å². The Bertz CT molecular complexity index is 563. The second-order valence-electron chi connectivity index (χ2n) is 5.05. The number of rotatable bonds is 8. The molecule has 0 atom stereocenters. The fourth-order valence-corrected chi connectivity index (χ4v) is 1.95. The van der Waals surface area contributed by atoms with Gasteiger partial charge in [0.05, 0.1) is 12.8 Å². The number of nitrogens with zero attached hydrogens (tertiary/aromatic N) is 3. The molecule has 0 saturated heterocycles. The molecule has 0 amide bonds. The van der Waals surface area contributed by atoms with Crippen LogP contribution in [0.5, 0.6) is 0 Å². The molecule has 0 fully saturated rings. The number of carboxylic acid groups (broad SMARTS) is 1. The standard InChI is InChI=1S/C14H19N3O4/c1-10(2)17(7-3-6-13(18)19)9-12-15-14(16-21-12)11-5-4-8-20-11/h4-5,8,10H,3,6-7,9H2,1-2H3,(H,18,19). The van der Waals surface area contributed by atoms with Gasteiger partial charge in [-0.1, -0.05) is 5.16 Å². The smallest absolute Gasteiger partial charge is 0.303 e. The summed E-state index contributed by atoms with van der Waals surface area (Å²) < 4.78 is 10.4. The number of carbonyl (C=O) groups is 1. The third-order valence-electron chi connectivity index (χ3n) is 3.11. The summed E-state index contributed by atoms with van der Waals surface area (Å²) in [5, 5.41) is 12.6. The molecule has 2 rings (SSSR count). The molecule has 0 aliphatic carbocycles. The van der Waals surface area contributed by atoms with Crippen LogP contribution >= 0.6 is 0 Å². The molecule has 0 aromatic carbocycles. The van der Waals surface area contributed by atoms with E-state index in [0.717, 1.165) is 0 Å². The van der Waals surface area contributed by atoms with Crippen LogP contribution in [-0.4, -0.2) is 38.7 Å². The van der Waals surface area contributed by atoms with E-state index in [9.17, 15) is 4.79 Å². The van der Waals surface area contributed by atoms with E-state index in [0.29, 0.717) is 37.0 Å². The first-order chi connectivity index (χ1) is 10.1. The molecule has 0 bridgehead atoms. The second kappa shape index (κ2) is 7.03. The Hall–Kier alpha value is -2.15. The van der Waals surface area contributed by atoms with Gasteiger partial charge in [-0.2, -0.15) is 4.98 Å². The summed E-state index contributed by atoms with van der Waals surface area (Å²) >= 11 is 0. The highest BCUT2D eigenvalue weighted by molar-refractivity contribution is 5.66. The Balaban J connectivity index is 1.95. The molecule has 0 spiro atoms. The van der Waals surface area contributed by atoms with Crippen molar-refractivity contribution in [2.24, 2.45) is 0 Å². The maximum atomic E-state index is 10.6. The maximum Gasteiger partial charge on any atom is 0.303 e. The molecular weight excluding hydrogens is 274 g/mol. The molecule has 7 heteroatoms. The highest BCUT2D eigenvalue weighted by atomic mass is 16.5. The van der Waals surface area contributed by atoms with Gasteiger partial charge in [-0.05, 0) is 38.9 Å². The molecule has 21 heavy (non-hydrogen) atoms. The van der Waals surface area contributed by atoms with Crippen LogP contribution < -0.4 is 0 Å². The van der Waals surface area contributed by atoms with Crippen molar-refractivity contribution < 1.29 is 18.8 Å². The maximum absolute atomic E-state index is 10.6. The summed E-state index contributed by atoms with van der Waals surface area (Å²) in [5.74, 6) is 0.693. The van der Waals surface area contributed by atoms with Crippen molar-refractivity contribution in [3.05, 3.63) is 24.3 Å². The largest absolute Gasteiger partial charge is 0.481 e. The highest BCUT2D eigenvalue weighted by Gasteiger charge is 2.16. The van der Waals surface area contributed by atoms with E-state index in [1.54, 1.807) is 18.4 Å². The number of hydrogen-bond donors (Lipinski definition) is 1. The van der Waals surface area contributed by atoms with E-state index < -0.39 is 5.97 Å². The van der Waals surface area contributed by atoms with Crippen molar-refractivity contribution in [2.45, 2.75) is 39.3 Å². The number of furan rings is 1. The van der Waals surface area contributed by atoms with Gasteiger partial charge in [-0.3, -0.25) is 9.69 Å². The minimum atomic E-state index is -0.781. The van der Waals surface area contributed by atoms with Gasteiger partial charge in [0, 0.05) is 12.5 Å². The summed E-state index contributed by atoms with van der Waals surface area (Å²) in [6.07, 6.45) is 2.30. The second-order valence-corrected chi connectivity index (χ2v) is 5.05. The van der Waals surface area contributed by atoms with Crippen molar-refractivity contribution in [3.63, 3.8) is 0 Å². The topological polar surface area (TPSA) is 92.6 Å². The van der Waals surface area contributed by atoms with Crippen LogP contribution in [0.15, 0.2) is 27.3 Å². The minimum Gasteiger partial charge on any atom is -0.481 e. The molecule has 114 valence electrons. The lowest BCUT2D eigenvalue weighted by Gasteiger charge is -2.24. The first-order valence-corrected chi connectivity index (χ1v) is 6.88. The summed E-state index contributed by atoms with van der Waals surface area (Å²) in [6.45, 7) is 5.25. The lowest BCUT2D eigenvalue weighted by molar-refractivity contribution is -0.137. The third kappa shape index (κ3) is 4.42. The highest BCUT2D eigenvalue weighted by Crippen LogP contribution is 2.17. The number of aliphatic carboxylic acids is 1. The normalized spacial score (nSPS) is 11.4. The fraction of sp³-hybridized carbons (Fsp3) is 0.500. The zero-order valence-electron chi connectivity index (χ0n) is 12.2.